The molecule has 0 aliphatic heterocycles. The first-order valence-corrected chi connectivity index (χ1v) is 10.5. The van der Waals surface area contributed by atoms with Gasteiger partial charge in [-0.3, -0.25) is 24.0 Å². The van der Waals surface area contributed by atoms with E-state index >= 15 is 0 Å². The molecule has 0 heterocycles. The number of hydrogen-bond donors (Lipinski definition) is 7. The third-order valence-corrected chi connectivity index (χ3v) is 5.09. The number of nitrogens with two attached hydrogens (primary N) is 1. The molecule has 0 bridgehead atoms. The van der Waals surface area contributed by atoms with Gasteiger partial charge in [0.15, 0.2) is 0 Å². The van der Waals surface area contributed by atoms with Crippen LogP contribution in [0.3, 0.4) is 0 Å². The fraction of sp³-hybridized carbons (Fsp3) is 0.700. The van der Waals surface area contributed by atoms with E-state index in [1.807, 2.05) is 0 Å². The maximum Gasteiger partial charge on any atom is 0.326 e. The number of rotatable bonds is 15. The minimum absolute atomic E-state index is 0.285. The zero-order valence-electron chi connectivity index (χ0n) is 19.2. The molecular formula is C20H34N4O9. The molecule has 5 unspecified atom stereocenters. The maximum atomic E-state index is 12.7. The molecule has 8 N–H and O–H groups in total. The molecular weight excluding hydrogens is 440 g/mol. The van der Waals surface area contributed by atoms with Crippen LogP contribution in [-0.4, -0.2) is 75.1 Å². The van der Waals surface area contributed by atoms with Gasteiger partial charge in [-0.15, -0.1) is 0 Å². The average Bonchev–Trinajstić information content (AvgIpc) is 2.71. The lowest BCUT2D eigenvalue weighted by Crippen LogP contribution is -2.58. The number of carboxylic acids is 3. The van der Waals surface area contributed by atoms with Gasteiger partial charge in [0.2, 0.25) is 17.7 Å². The highest BCUT2D eigenvalue weighted by molar-refractivity contribution is 5.95. The summed E-state index contributed by atoms with van der Waals surface area (Å²) in [6.45, 7) is 6.63. The summed E-state index contributed by atoms with van der Waals surface area (Å²) in [7, 11) is 0. The van der Waals surface area contributed by atoms with Crippen LogP contribution >= 0.6 is 0 Å². The van der Waals surface area contributed by atoms with Gasteiger partial charge in [-0.05, 0) is 18.3 Å². The third kappa shape index (κ3) is 10.8. The molecule has 0 spiro atoms. The van der Waals surface area contributed by atoms with Gasteiger partial charge in [0.05, 0.1) is 12.5 Å². The molecule has 5 atom stereocenters. The molecule has 0 aliphatic carbocycles. The van der Waals surface area contributed by atoms with E-state index in [4.69, 9.17) is 15.9 Å². The van der Waals surface area contributed by atoms with Crippen molar-refractivity contribution in [3.05, 3.63) is 0 Å². The lowest BCUT2D eigenvalue weighted by Gasteiger charge is -2.26. The summed E-state index contributed by atoms with van der Waals surface area (Å²) in [6.07, 6.45) is -1.30. The zero-order valence-corrected chi connectivity index (χ0v) is 19.2. The standard InChI is InChI=1S/C20H34N4O9/c1-5-10(4)16(20(32)33)24-18(30)12(8-14(27)28)23-17(29)11(6-7-13(25)26)22-19(31)15(21)9(2)3/h9-12,15-16H,5-8,21H2,1-4H3,(H,22,31)(H,23,29)(H,24,30)(H,25,26)(H,27,28)(H,32,33). The third-order valence-electron chi connectivity index (χ3n) is 5.09. The molecule has 0 aromatic carbocycles. The van der Waals surface area contributed by atoms with Gasteiger partial charge in [-0.2, -0.15) is 0 Å². The molecule has 0 saturated carbocycles. The second-order valence-electron chi connectivity index (χ2n) is 8.13. The quantitative estimate of drug-likeness (QED) is 0.151. The van der Waals surface area contributed by atoms with Crippen molar-refractivity contribution in [1.82, 2.24) is 16.0 Å². The predicted octanol–water partition coefficient (Wildman–Crippen LogP) is -1.11. The summed E-state index contributed by atoms with van der Waals surface area (Å²) >= 11 is 0. The van der Waals surface area contributed by atoms with Crippen molar-refractivity contribution < 1.29 is 44.1 Å². The summed E-state index contributed by atoms with van der Waals surface area (Å²) in [4.78, 5) is 71.2. The van der Waals surface area contributed by atoms with Crippen LogP contribution in [0, 0.1) is 11.8 Å². The van der Waals surface area contributed by atoms with Crippen molar-refractivity contribution in [2.24, 2.45) is 17.6 Å². The normalized spacial score (nSPS) is 15.5. The first-order chi connectivity index (χ1) is 15.2. The first kappa shape index (κ1) is 29.8. The predicted molar refractivity (Wildman–Crippen MR) is 115 cm³/mol. The summed E-state index contributed by atoms with van der Waals surface area (Å²) in [5.74, 6) is -7.55. The number of carboxylic acid groups (broad SMARTS) is 3. The lowest BCUT2D eigenvalue weighted by atomic mass is 9.98. The van der Waals surface area contributed by atoms with E-state index in [1.165, 1.54) is 0 Å². The topological polar surface area (TPSA) is 225 Å². The highest BCUT2D eigenvalue weighted by Gasteiger charge is 2.33. The summed E-state index contributed by atoms with van der Waals surface area (Å²) in [5, 5.41) is 34.1. The second-order valence-corrected chi connectivity index (χ2v) is 8.13. The molecule has 13 nitrogen and oxygen atoms in total. The van der Waals surface area contributed by atoms with Crippen molar-refractivity contribution >= 4 is 35.6 Å². The van der Waals surface area contributed by atoms with Crippen molar-refractivity contribution in [2.45, 2.75) is 77.5 Å². The van der Waals surface area contributed by atoms with Gasteiger partial charge in [-0.25, -0.2) is 4.79 Å². The van der Waals surface area contributed by atoms with Crippen LogP contribution in [-0.2, 0) is 28.8 Å². The SMILES string of the molecule is CCC(C)C(NC(=O)C(CC(=O)O)NC(=O)C(CCC(=O)O)NC(=O)C(N)C(C)C)C(=O)O. The number of aliphatic carboxylic acids is 3. The van der Waals surface area contributed by atoms with Crippen LogP contribution in [0.2, 0.25) is 0 Å². The van der Waals surface area contributed by atoms with Crippen molar-refractivity contribution in [3.63, 3.8) is 0 Å². The van der Waals surface area contributed by atoms with E-state index in [1.54, 1.807) is 27.7 Å². The minimum Gasteiger partial charge on any atom is -0.481 e. The van der Waals surface area contributed by atoms with Crippen LogP contribution in [0.25, 0.3) is 0 Å². The Morgan fingerprint density at radius 3 is 1.73 bits per heavy atom. The Hall–Kier alpha value is -3.22. The monoisotopic (exact) mass is 474 g/mol. The fourth-order valence-electron chi connectivity index (χ4n) is 2.70. The minimum atomic E-state index is -1.66. The van der Waals surface area contributed by atoms with Crippen molar-refractivity contribution in [2.75, 3.05) is 0 Å². The first-order valence-electron chi connectivity index (χ1n) is 10.5. The number of hydrogen-bond acceptors (Lipinski definition) is 7. The molecule has 0 fully saturated rings. The molecule has 33 heavy (non-hydrogen) atoms. The highest BCUT2D eigenvalue weighted by Crippen LogP contribution is 2.09. The van der Waals surface area contributed by atoms with Crippen LogP contribution in [0.1, 0.15) is 53.4 Å². The van der Waals surface area contributed by atoms with Gasteiger partial charge in [-0.1, -0.05) is 34.1 Å². The summed E-state index contributed by atoms with van der Waals surface area (Å²) in [6, 6.07) is -5.38. The molecule has 0 aromatic rings. The highest BCUT2D eigenvalue weighted by atomic mass is 16.4. The Morgan fingerprint density at radius 2 is 1.30 bits per heavy atom. The van der Waals surface area contributed by atoms with Crippen LogP contribution in [0.4, 0.5) is 0 Å². The Kier molecular flexibility index (Phi) is 12.7. The largest absolute Gasteiger partial charge is 0.481 e. The number of nitrogens with one attached hydrogen (secondary N) is 3. The zero-order chi connectivity index (χ0) is 25.9. The maximum absolute atomic E-state index is 12.7. The molecule has 188 valence electrons. The van der Waals surface area contributed by atoms with Gasteiger partial charge in [0.25, 0.3) is 0 Å². The Labute approximate surface area is 191 Å². The van der Waals surface area contributed by atoms with E-state index in [0.717, 1.165) is 0 Å². The molecule has 0 rings (SSSR count). The number of carbonyl (C=O) groups excluding carboxylic acids is 3. The summed E-state index contributed by atoms with van der Waals surface area (Å²) in [5.41, 5.74) is 5.75. The summed E-state index contributed by atoms with van der Waals surface area (Å²) < 4.78 is 0. The van der Waals surface area contributed by atoms with E-state index in [-0.39, 0.29) is 12.3 Å². The van der Waals surface area contributed by atoms with Crippen molar-refractivity contribution in [3.8, 4) is 0 Å². The fourth-order valence-corrected chi connectivity index (χ4v) is 2.70. The smallest absolute Gasteiger partial charge is 0.326 e. The van der Waals surface area contributed by atoms with Crippen molar-refractivity contribution in [1.29, 1.82) is 0 Å². The molecule has 0 saturated heterocycles. The van der Waals surface area contributed by atoms with Gasteiger partial charge >= 0.3 is 17.9 Å². The van der Waals surface area contributed by atoms with Gasteiger partial charge in [0.1, 0.15) is 18.1 Å². The van der Waals surface area contributed by atoms with Crippen LogP contribution in [0.15, 0.2) is 0 Å². The molecule has 13 heteroatoms. The van der Waals surface area contributed by atoms with E-state index in [9.17, 15) is 33.9 Å². The number of amides is 3. The van der Waals surface area contributed by atoms with E-state index in [2.05, 4.69) is 16.0 Å². The van der Waals surface area contributed by atoms with E-state index in [0.29, 0.717) is 6.42 Å². The molecule has 3 amide bonds. The Balaban J connectivity index is 5.64. The van der Waals surface area contributed by atoms with Gasteiger partial charge < -0.3 is 37.0 Å². The Morgan fingerprint density at radius 1 is 0.788 bits per heavy atom. The van der Waals surface area contributed by atoms with Crippen LogP contribution in [0.5, 0.6) is 0 Å². The Bertz CT molecular complexity index is 741. The lowest BCUT2D eigenvalue weighted by molar-refractivity contribution is -0.144. The number of carbonyl (C=O) groups is 6. The second kappa shape index (κ2) is 14.0. The molecule has 0 aliphatic rings. The average molecular weight is 475 g/mol. The van der Waals surface area contributed by atoms with Crippen LogP contribution < -0.4 is 21.7 Å². The molecule has 0 aromatic heterocycles. The van der Waals surface area contributed by atoms with E-state index < -0.39 is 78.6 Å². The van der Waals surface area contributed by atoms with Gasteiger partial charge in [0, 0.05) is 6.42 Å². The molecule has 0 radical (unpaired) electrons.